The number of carboxylic acid groups (broad SMARTS) is 1. The fourth-order valence-corrected chi connectivity index (χ4v) is 10.7. The number of ether oxygens (including phenoxy) is 3. The van der Waals surface area contributed by atoms with Crippen molar-refractivity contribution < 1.29 is 70.8 Å². The molecule has 2 aliphatic heterocycles. The van der Waals surface area contributed by atoms with Gasteiger partial charge in [-0.15, -0.1) is 21.1 Å². The molecular weight excluding hydrogens is 1130 g/mol. The molecule has 4 aromatic carbocycles. The summed E-state index contributed by atoms with van der Waals surface area (Å²) < 4.78 is 56.3. The molecule has 2 aromatic heterocycles. The Kier molecular flexibility index (Phi) is 19.9. The highest BCUT2D eigenvalue weighted by Crippen LogP contribution is 2.46. The number of alkyl halides is 3. The van der Waals surface area contributed by atoms with E-state index in [0.717, 1.165) is 34.6 Å². The number of esters is 2. The van der Waals surface area contributed by atoms with Crippen molar-refractivity contribution in [2.45, 2.75) is 95.8 Å². The summed E-state index contributed by atoms with van der Waals surface area (Å²) in [7, 11) is 3.41. The Morgan fingerprint density at radius 1 is 0.881 bits per heavy atom. The Labute approximate surface area is 490 Å². The maximum Gasteiger partial charge on any atom is 0.430 e. The lowest BCUT2D eigenvalue weighted by atomic mass is 9.77. The fraction of sp³-hybridized carbons (Fsp3) is 0.345. The van der Waals surface area contributed by atoms with Crippen molar-refractivity contribution in [3.8, 4) is 5.75 Å². The molecule has 2 atom stereocenters. The largest absolute Gasteiger partial charge is 0.542 e. The van der Waals surface area contributed by atoms with Crippen LogP contribution >= 0.6 is 23.3 Å². The van der Waals surface area contributed by atoms with Gasteiger partial charge in [-0.05, 0) is 75.4 Å². The van der Waals surface area contributed by atoms with Gasteiger partial charge in [0.1, 0.15) is 35.2 Å². The number of rotatable bonds is 21. The lowest BCUT2D eigenvalue weighted by Gasteiger charge is -2.49. The number of ketones is 1. The number of benzene rings is 4. The van der Waals surface area contributed by atoms with Crippen LogP contribution in [0.25, 0.3) is 0 Å². The molecule has 0 radical (unpaired) electrons. The molecule has 0 unspecified atom stereocenters. The number of amides is 3. The Hall–Kier alpha value is -8.78. The Bertz CT molecular complexity index is 3310. The van der Waals surface area contributed by atoms with Gasteiger partial charge in [0.15, 0.2) is 34.7 Å². The van der Waals surface area contributed by atoms with E-state index in [9.17, 15) is 37.1 Å². The number of Topliss-reactive ketones (excluding diaryl/α,β-unsaturated/α-hetero) is 1. The SMILES string of the molecule is CCCNC(=O)Nc1c[n+](CC2=C(C(=O)OCc3ccc(OC)cc3)N3C(=O)[C@@H](CC(=O)/C(=N\OC(C)(C)C(=O)OC(C)(C)C)c4nsc(N)n4)[C@H]3SC2)n(C)c1NC(c1ccccc1)(c1ccccc1)c1ccccc1.O=C([O-])C(F)(F)F. The number of halogens is 3. The van der Waals surface area contributed by atoms with Crippen LogP contribution in [0.15, 0.2) is 138 Å². The summed E-state index contributed by atoms with van der Waals surface area (Å²) in [4.78, 5) is 90.3. The predicted molar refractivity (Wildman–Crippen MR) is 305 cm³/mol. The molecule has 0 bridgehead atoms. The molecule has 26 heteroatoms. The van der Waals surface area contributed by atoms with Crippen LogP contribution in [-0.4, -0.2) is 102 Å². The van der Waals surface area contributed by atoms with Crippen molar-refractivity contribution in [2.24, 2.45) is 18.1 Å². The van der Waals surface area contributed by atoms with Crippen LogP contribution in [0, 0.1) is 5.92 Å². The molecule has 8 rings (SSSR count). The van der Waals surface area contributed by atoms with Crippen molar-refractivity contribution in [3.05, 3.63) is 161 Å². The summed E-state index contributed by atoms with van der Waals surface area (Å²) >= 11 is 2.22. The Morgan fingerprint density at radius 2 is 1.45 bits per heavy atom. The predicted octanol–water partition coefficient (Wildman–Crippen LogP) is 7.02. The molecule has 6 aromatic rings. The maximum atomic E-state index is 14.7. The zero-order valence-corrected chi connectivity index (χ0v) is 48.8. The van der Waals surface area contributed by atoms with Crippen molar-refractivity contribution in [3.63, 3.8) is 0 Å². The molecule has 5 N–H and O–H groups in total. The van der Waals surface area contributed by atoms with Gasteiger partial charge >= 0.3 is 24.1 Å². The molecule has 0 aliphatic carbocycles. The standard InChI is InChI=1S/C56H62N10O9S2.C2HF3O2/c1-9-29-58-53(71)59-42-32-65(64(7)47(42)61-56(37-19-13-10-14-20-37,38-21-15-11-16-22-38)39-23-17-12-18-24-39)31-36-34-76-49-41(48(68)66(49)45(36)50(69)73-33-35-25-27-40(72-8)28-26-35)30-43(67)44(46-60-52(57)77-63-46)62-75-55(5,6)51(70)74-54(2,3)4;3-2(4,5)1(6)7/h10-28,32,41,49H,9,29-31,33-34H2,1-8H3,(H4,57,58,59,60,63,71);(H,6,7)/b62-44+;/t41-,49-;/m1./s1. The quantitative estimate of drug-likeness (QED) is 0.0141. The molecule has 0 saturated carbocycles. The first kappa shape index (κ1) is 62.8. The highest BCUT2D eigenvalue weighted by Gasteiger charge is 2.55. The summed E-state index contributed by atoms with van der Waals surface area (Å²) in [5.74, 6) is -5.29. The second-order valence-electron chi connectivity index (χ2n) is 20.7. The molecule has 444 valence electrons. The molecule has 2 aliphatic rings. The van der Waals surface area contributed by atoms with E-state index in [1.807, 2.05) is 77.9 Å². The van der Waals surface area contributed by atoms with E-state index in [1.54, 1.807) is 58.3 Å². The summed E-state index contributed by atoms with van der Waals surface area (Å²) in [6.07, 6.45) is -3.06. The number of carbonyl (C=O) groups excluding carboxylic acids is 6. The Balaban J connectivity index is 0.00000136. The van der Waals surface area contributed by atoms with Gasteiger partial charge in [0, 0.05) is 35.8 Å². The van der Waals surface area contributed by atoms with Crippen LogP contribution in [0.4, 0.5) is 34.6 Å². The highest BCUT2D eigenvalue weighted by atomic mass is 32.2. The van der Waals surface area contributed by atoms with Crippen LogP contribution < -0.4 is 36.2 Å². The van der Waals surface area contributed by atoms with E-state index in [4.69, 9.17) is 34.7 Å². The number of nitrogens with two attached hydrogens (primary N) is 1. The normalized spacial score (nSPS) is 15.3. The van der Waals surface area contributed by atoms with Gasteiger partial charge in [-0.3, -0.25) is 19.8 Å². The number of hydrogen-bond acceptors (Lipinski definition) is 18. The van der Waals surface area contributed by atoms with Gasteiger partial charge in [0.2, 0.25) is 23.5 Å². The summed E-state index contributed by atoms with van der Waals surface area (Å²) in [5, 5.41) is 22.2. The smallest absolute Gasteiger partial charge is 0.430 e. The maximum absolute atomic E-state index is 14.7. The lowest BCUT2D eigenvalue weighted by Crippen LogP contribution is -2.62. The third-order valence-electron chi connectivity index (χ3n) is 13.0. The van der Waals surface area contributed by atoms with Gasteiger partial charge in [-0.25, -0.2) is 14.4 Å². The zero-order valence-electron chi connectivity index (χ0n) is 47.1. The number of carbonyl (C=O) groups is 6. The van der Waals surface area contributed by atoms with Gasteiger partial charge in [-0.1, -0.05) is 115 Å². The van der Waals surface area contributed by atoms with E-state index in [1.165, 1.54) is 30.5 Å². The molecule has 3 amide bonds. The molecule has 0 spiro atoms. The minimum atomic E-state index is -5.19. The number of urea groups is 1. The number of nitrogen functional groups attached to an aromatic ring is 1. The third-order valence-corrected chi connectivity index (χ3v) is 14.9. The summed E-state index contributed by atoms with van der Waals surface area (Å²) in [6, 6.07) is 36.8. The number of oxime groups is 1. The third kappa shape index (κ3) is 14.9. The van der Waals surface area contributed by atoms with Crippen molar-refractivity contribution in [1.29, 1.82) is 0 Å². The van der Waals surface area contributed by atoms with Gasteiger partial charge in [-0.2, -0.15) is 22.5 Å². The molecule has 4 heterocycles. The molecular formula is C58H63F3N10O11S2. The van der Waals surface area contributed by atoms with E-state index in [2.05, 4.69) is 66.9 Å². The first-order valence-electron chi connectivity index (χ1n) is 26.2. The van der Waals surface area contributed by atoms with E-state index in [-0.39, 0.29) is 47.7 Å². The number of hydrogen-bond donors (Lipinski definition) is 4. The zero-order chi connectivity index (χ0) is 61.1. The first-order valence-corrected chi connectivity index (χ1v) is 28.1. The second-order valence-corrected chi connectivity index (χ2v) is 22.6. The highest BCUT2D eigenvalue weighted by molar-refractivity contribution is 8.00. The summed E-state index contributed by atoms with van der Waals surface area (Å²) in [6.45, 7) is 10.4. The number of carboxylic acids is 1. The minimum Gasteiger partial charge on any atom is -0.542 e. The average molecular weight is 1200 g/mol. The Morgan fingerprint density at radius 3 is 1.95 bits per heavy atom. The number of fused-ring (bicyclic) bond motifs is 1. The average Bonchev–Trinajstić information content (AvgIpc) is 1.56. The van der Waals surface area contributed by atoms with Crippen LogP contribution in [-0.2, 0) is 64.0 Å². The van der Waals surface area contributed by atoms with Gasteiger partial charge in [0.05, 0.1) is 25.4 Å². The number of methoxy groups -OCH3 is 1. The molecule has 84 heavy (non-hydrogen) atoms. The van der Waals surface area contributed by atoms with Crippen LogP contribution in [0.2, 0.25) is 0 Å². The number of β-lactam (4-membered cyclic amide) rings is 1. The van der Waals surface area contributed by atoms with Crippen molar-refractivity contribution in [2.75, 3.05) is 35.8 Å². The minimum absolute atomic E-state index is 0.0341. The van der Waals surface area contributed by atoms with E-state index >= 15 is 0 Å². The number of nitrogens with zero attached hydrogens (tertiary/aromatic N) is 6. The van der Waals surface area contributed by atoms with Crippen molar-refractivity contribution >= 4 is 81.3 Å². The number of thioether (sulfide) groups is 1. The number of aliphatic carboxylic acids is 1. The second kappa shape index (κ2) is 26.6. The molecule has 1 saturated heterocycles. The first-order chi connectivity index (χ1) is 39.8. The summed E-state index contributed by atoms with van der Waals surface area (Å²) in [5.41, 5.74) is 6.60. The van der Waals surface area contributed by atoms with Gasteiger partial charge in [0.25, 0.3) is 0 Å². The number of anilines is 3. The van der Waals surface area contributed by atoms with Crippen LogP contribution in [0.1, 0.15) is 82.5 Å². The number of nitrogens with one attached hydrogen (secondary N) is 3. The molecule has 21 nitrogen and oxygen atoms in total. The monoisotopic (exact) mass is 1200 g/mol. The topological polar surface area (TPSA) is 275 Å². The van der Waals surface area contributed by atoms with Crippen LogP contribution in [0.3, 0.4) is 0 Å². The van der Waals surface area contributed by atoms with E-state index < -0.39 is 69.8 Å². The van der Waals surface area contributed by atoms with Crippen LogP contribution in [0.5, 0.6) is 5.75 Å². The van der Waals surface area contributed by atoms with Crippen molar-refractivity contribution in [1.82, 2.24) is 24.3 Å². The lowest BCUT2D eigenvalue weighted by molar-refractivity contribution is -0.765. The van der Waals surface area contributed by atoms with Gasteiger partial charge < -0.3 is 45.3 Å². The molecule has 1 fully saturated rings. The van der Waals surface area contributed by atoms with E-state index in [0.29, 0.717) is 34.9 Å². The number of aromatic nitrogens is 4. The fourth-order valence-electron chi connectivity index (χ4n) is 8.86.